The van der Waals surface area contributed by atoms with Gasteiger partial charge < -0.3 is 30.2 Å². The summed E-state index contributed by atoms with van der Waals surface area (Å²) in [5.41, 5.74) is 8.38. The number of carbonyl (C=O) groups is 2. The second kappa shape index (κ2) is 9.68. The summed E-state index contributed by atoms with van der Waals surface area (Å²) in [7, 11) is 3.40. The van der Waals surface area contributed by atoms with Crippen molar-refractivity contribution in [3.8, 4) is 11.5 Å². The average Bonchev–Trinajstić information content (AvgIpc) is 3.21. The molecule has 1 unspecified atom stereocenters. The Hall–Kier alpha value is -3.66. The van der Waals surface area contributed by atoms with Gasteiger partial charge in [-0.25, -0.2) is 14.2 Å². The van der Waals surface area contributed by atoms with Crippen LogP contribution in [0.1, 0.15) is 11.1 Å². The Morgan fingerprint density at radius 1 is 1.18 bits per heavy atom. The fourth-order valence-corrected chi connectivity index (χ4v) is 4.12. The zero-order valence-corrected chi connectivity index (χ0v) is 19.5. The molecule has 3 N–H and O–H groups in total. The van der Waals surface area contributed by atoms with E-state index in [1.165, 1.54) is 11.0 Å². The van der Waals surface area contributed by atoms with Gasteiger partial charge in [0.25, 0.3) is 0 Å². The first kappa shape index (κ1) is 23.5. The molecule has 1 aromatic carbocycles. The average molecular weight is 469 g/mol. The maximum Gasteiger partial charge on any atom is 0.319 e. The van der Waals surface area contributed by atoms with Crippen molar-refractivity contribution in [3.63, 3.8) is 0 Å². The molecule has 0 saturated carbocycles. The lowest BCUT2D eigenvalue weighted by molar-refractivity contribution is -0.134. The lowest BCUT2D eigenvalue weighted by Gasteiger charge is -2.36. The van der Waals surface area contributed by atoms with Crippen LogP contribution in [0.15, 0.2) is 36.7 Å². The molecule has 10 heteroatoms. The molecule has 0 bridgehead atoms. The summed E-state index contributed by atoms with van der Waals surface area (Å²) in [6.07, 6.45) is 3.62. The van der Waals surface area contributed by atoms with Gasteiger partial charge in [-0.3, -0.25) is 4.79 Å². The zero-order valence-electron chi connectivity index (χ0n) is 19.5. The molecule has 3 amide bonds. The molecule has 180 valence electrons. The first-order chi connectivity index (χ1) is 16.2. The molecule has 34 heavy (non-hydrogen) atoms. The van der Waals surface area contributed by atoms with Crippen LogP contribution in [-0.4, -0.2) is 82.9 Å². The Kier molecular flexibility index (Phi) is 6.69. The van der Waals surface area contributed by atoms with Gasteiger partial charge in [-0.15, -0.1) is 0 Å². The van der Waals surface area contributed by atoms with Crippen molar-refractivity contribution in [1.82, 2.24) is 24.7 Å². The summed E-state index contributed by atoms with van der Waals surface area (Å²) < 4.78 is 20.7. The smallest absolute Gasteiger partial charge is 0.319 e. The van der Waals surface area contributed by atoms with Crippen LogP contribution < -0.4 is 10.5 Å². The van der Waals surface area contributed by atoms with Gasteiger partial charge >= 0.3 is 6.03 Å². The molecule has 1 saturated heterocycles. The number of hydrogen-bond donors (Lipinski definition) is 2. The molecular weight excluding hydrogens is 439 g/mol. The van der Waals surface area contributed by atoms with E-state index in [1.807, 2.05) is 13.1 Å². The van der Waals surface area contributed by atoms with Crippen molar-refractivity contribution in [3.05, 3.63) is 53.6 Å². The fraction of sp³-hybridized carbons (Fsp3) is 0.375. The molecule has 1 atom stereocenters. The SMILES string of the molecule is Cc1c[nH]c2nccc(Oc3ccc(CC(N)C(=O)N4CCN(C(=O)N(C)C)CC4)cc3F)c12. The van der Waals surface area contributed by atoms with Crippen molar-refractivity contribution < 1.29 is 18.7 Å². The van der Waals surface area contributed by atoms with Crippen LogP contribution in [-0.2, 0) is 11.2 Å². The Labute approximate surface area is 197 Å². The number of aromatic nitrogens is 2. The van der Waals surface area contributed by atoms with Gasteiger partial charge in [-0.1, -0.05) is 6.07 Å². The third-order valence-electron chi connectivity index (χ3n) is 5.97. The lowest BCUT2D eigenvalue weighted by Crippen LogP contribution is -2.56. The van der Waals surface area contributed by atoms with Gasteiger partial charge in [0.05, 0.1) is 11.4 Å². The van der Waals surface area contributed by atoms with Crippen LogP contribution in [0.3, 0.4) is 0 Å². The Bertz CT molecular complexity index is 1200. The van der Waals surface area contributed by atoms with Gasteiger partial charge in [0.15, 0.2) is 11.6 Å². The van der Waals surface area contributed by atoms with E-state index < -0.39 is 11.9 Å². The number of hydrogen-bond acceptors (Lipinski definition) is 5. The minimum Gasteiger partial charge on any atom is -0.453 e. The van der Waals surface area contributed by atoms with E-state index in [2.05, 4.69) is 9.97 Å². The highest BCUT2D eigenvalue weighted by Gasteiger charge is 2.28. The maximum atomic E-state index is 14.8. The Morgan fingerprint density at radius 3 is 2.56 bits per heavy atom. The van der Waals surface area contributed by atoms with Crippen LogP contribution in [0.4, 0.5) is 9.18 Å². The Morgan fingerprint density at radius 2 is 1.88 bits per heavy atom. The number of H-pyrrole nitrogens is 1. The topological polar surface area (TPSA) is 108 Å². The third-order valence-corrected chi connectivity index (χ3v) is 5.97. The zero-order chi connectivity index (χ0) is 24.4. The summed E-state index contributed by atoms with van der Waals surface area (Å²) in [4.78, 5) is 37.0. The summed E-state index contributed by atoms with van der Waals surface area (Å²) in [6.45, 7) is 3.68. The van der Waals surface area contributed by atoms with E-state index in [0.717, 1.165) is 10.9 Å². The molecule has 1 fully saturated rings. The van der Waals surface area contributed by atoms with Crippen molar-refractivity contribution >= 4 is 23.0 Å². The summed E-state index contributed by atoms with van der Waals surface area (Å²) in [6, 6.07) is 5.41. The molecule has 3 heterocycles. The van der Waals surface area contributed by atoms with E-state index in [1.54, 1.807) is 48.3 Å². The van der Waals surface area contributed by atoms with Gasteiger partial charge in [0.2, 0.25) is 5.91 Å². The largest absolute Gasteiger partial charge is 0.453 e. The van der Waals surface area contributed by atoms with Crippen LogP contribution in [0, 0.1) is 12.7 Å². The van der Waals surface area contributed by atoms with E-state index >= 15 is 0 Å². The van der Waals surface area contributed by atoms with Crippen LogP contribution in [0.25, 0.3) is 11.0 Å². The van der Waals surface area contributed by atoms with Gasteiger partial charge in [-0.2, -0.15) is 0 Å². The number of aryl methyl sites for hydroxylation is 1. The first-order valence-electron chi connectivity index (χ1n) is 11.1. The van der Waals surface area contributed by atoms with Crippen molar-refractivity contribution in [2.24, 2.45) is 5.73 Å². The third kappa shape index (κ3) is 4.81. The maximum absolute atomic E-state index is 14.8. The number of aromatic amines is 1. The van der Waals surface area contributed by atoms with E-state index in [-0.39, 0.29) is 24.1 Å². The number of urea groups is 1. The summed E-state index contributed by atoms with van der Waals surface area (Å²) >= 11 is 0. The molecule has 3 aromatic rings. The van der Waals surface area contributed by atoms with Crippen molar-refractivity contribution in [1.29, 1.82) is 0 Å². The monoisotopic (exact) mass is 468 g/mol. The van der Waals surface area contributed by atoms with Gasteiger partial charge in [0.1, 0.15) is 11.4 Å². The van der Waals surface area contributed by atoms with Crippen LogP contribution in [0.2, 0.25) is 0 Å². The van der Waals surface area contributed by atoms with E-state index in [9.17, 15) is 14.0 Å². The molecule has 1 aliphatic heterocycles. The summed E-state index contributed by atoms with van der Waals surface area (Å²) in [5, 5.41) is 0.797. The molecule has 1 aliphatic rings. The molecule has 0 aliphatic carbocycles. The number of nitrogens with one attached hydrogen (secondary N) is 1. The minimum atomic E-state index is -0.801. The number of rotatable bonds is 5. The summed E-state index contributed by atoms with van der Waals surface area (Å²) in [5.74, 6) is -0.154. The molecule has 0 radical (unpaired) electrons. The molecule has 0 spiro atoms. The highest BCUT2D eigenvalue weighted by atomic mass is 19.1. The number of pyridine rings is 1. The van der Waals surface area contributed by atoms with Crippen LogP contribution >= 0.6 is 0 Å². The number of benzene rings is 1. The second-order valence-corrected chi connectivity index (χ2v) is 8.67. The minimum absolute atomic E-state index is 0.0756. The predicted octanol–water partition coefficient (Wildman–Crippen LogP) is 2.50. The van der Waals surface area contributed by atoms with Crippen LogP contribution in [0.5, 0.6) is 11.5 Å². The number of piperazine rings is 1. The number of fused-ring (bicyclic) bond motifs is 1. The highest BCUT2D eigenvalue weighted by Crippen LogP contribution is 2.32. The van der Waals surface area contributed by atoms with Gasteiger partial charge in [-0.05, 0) is 42.7 Å². The predicted molar refractivity (Wildman–Crippen MR) is 126 cm³/mol. The number of ether oxygens (including phenoxy) is 1. The van der Waals surface area contributed by atoms with E-state index in [4.69, 9.17) is 10.5 Å². The van der Waals surface area contributed by atoms with E-state index in [0.29, 0.717) is 43.1 Å². The number of nitrogens with two attached hydrogens (primary N) is 1. The van der Waals surface area contributed by atoms with Crippen molar-refractivity contribution in [2.45, 2.75) is 19.4 Å². The van der Waals surface area contributed by atoms with Crippen molar-refractivity contribution in [2.75, 3.05) is 40.3 Å². The second-order valence-electron chi connectivity index (χ2n) is 8.67. The first-order valence-corrected chi connectivity index (χ1v) is 11.1. The number of amides is 3. The van der Waals surface area contributed by atoms with Gasteiger partial charge in [0, 0.05) is 52.7 Å². The number of halogens is 1. The Balaban J connectivity index is 1.38. The molecule has 2 aromatic heterocycles. The number of carbonyl (C=O) groups excluding carboxylic acids is 2. The quantitative estimate of drug-likeness (QED) is 0.598. The molecular formula is C24H29FN6O3. The molecule has 4 rings (SSSR count). The highest BCUT2D eigenvalue weighted by molar-refractivity contribution is 5.86. The molecule has 9 nitrogen and oxygen atoms in total. The normalized spacial score (nSPS) is 14.9. The standard InChI is InChI=1S/C24H29FN6O3/c1-15-14-28-22-21(15)20(6-7-27-22)34-19-5-4-16(12-17(19)25)13-18(26)23(32)30-8-10-31(11-9-30)24(33)29(2)3/h4-7,12,14,18H,8-11,13,26H2,1-3H3,(H,27,28). The lowest BCUT2D eigenvalue weighted by atomic mass is 10.0. The fourth-order valence-electron chi connectivity index (χ4n) is 4.12. The number of nitrogens with zero attached hydrogens (tertiary/aromatic N) is 4.